The van der Waals surface area contributed by atoms with Crippen molar-refractivity contribution < 1.29 is 4.79 Å². The lowest BCUT2D eigenvalue weighted by Gasteiger charge is -1.97. The van der Waals surface area contributed by atoms with Crippen LogP contribution in [-0.2, 0) is 4.79 Å². The van der Waals surface area contributed by atoms with Crippen molar-refractivity contribution in [2.24, 2.45) is 0 Å². The molecule has 5 heteroatoms. The van der Waals surface area contributed by atoms with E-state index >= 15 is 0 Å². The molecular formula is C9H12N2OS2. The van der Waals surface area contributed by atoms with Crippen LogP contribution in [0.3, 0.4) is 0 Å². The van der Waals surface area contributed by atoms with Crippen molar-refractivity contribution in [1.82, 2.24) is 4.98 Å². The number of hydrogen-bond donors (Lipinski definition) is 2. The van der Waals surface area contributed by atoms with Crippen LogP contribution in [0.15, 0.2) is 5.38 Å². The Labute approximate surface area is 92.3 Å². The minimum absolute atomic E-state index is 0.00306. The van der Waals surface area contributed by atoms with Crippen molar-refractivity contribution in [3.05, 3.63) is 11.1 Å². The second-order valence-electron chi connectivity index (χ2n) is 3.37. The van der Waals surface area contributed by atoms with Gasteiger partial charge < -0.3 is 5.32 Å². The second-order valence-corrected chi connectivity index (χ2v) is 4.68. The highest BCUT2D eigenvalue weighted by atomic mass is 32.1. The van der Waals surface area contributed by atoms with Crippen molar-refractivity contribution in [1.29, 1.82) is 0 Å². The molecule has 0 aromatic carbocycles. The molecule has 1 amide bonds. The van der Waals surface area contributed by atoms with Gasteiger partial charge in [0.25, 0.3) is 0 Å². The first-order valence-electron chi connectivity index (χ1n) is 4.65. The molecule has 3 nitrogen and oxygen atoms in total. The third kappa shape index (κ3) is 2.48. The number of carbonyl (C=O) groups is 1. The number of amides is 1. The third-order valence-electron chi connectivity index (χ3n) is 2.10. The van der Waals surface area contributed by atoms with Gasteiger partial charge in [0, 0.05) is 17.7 Å². The number of thiazole rings is 1. The highest BCUT2D eigenvalue weighted by Crippen LogP contribution is 2.40. The van der Waals surface area contributed by atoms with Crippen LogP contribution in [-0.4, -0.2) is 16.6 Å². The lowest BCUT2D eigenvalue weighted by molar-refractivity contribution is -0.115. The van der Waals surface area contributed by atoms with E-state index < -0.39 is 0 Å². The zero-order valence-corrected chi connectivity index (χ0v) is 9.40. The van der Waals surface area contributed by atoms with Gasteiger partial charge in [-0.25, -0.2) is 4.98 Å². The summed E-state index contributed by atoms with van der Waals surface area (Å²) in [6, 6.07) is 0. The number of aromatic nitrogens is 1. The van der Waals surface area contributed by atoms with Gasteiger partial charge in [-0.3, -0.25) is 4.79 Å². The Morgan fingerprint density at radius 2 is 2.50 bits per heavy atom. The van der Waals surface area contributed by atoms with Crippen LogP contribution < -0.4 is 5.32 Å². The van der Waals surface area contributed by atoms with Gasteiger partial charge in [-0.1, -0.05) is 0 Å². The molecule has 0 atom stereocenters. The first kappa shape index (κ1) is 9.98. The van der Waals surface area contributed by atoms with Crippen molar-refractivity contribution in [2.75, 3.05) is 11.1 Å². The summed E-state index contributed by atoms with van der Waals surface area (Å²) in [5, 5.41) is 5.52. The minimum Gasteiger partial charge on any atom is -0.302 e. The summed E-state index contributed by atoms with van der Waals surface area (Å²) in [5.41, 5.74) is 1.14. The predicted molar refractivity (Wildman–Crippen MR) is 61.2 cm³/mol. The summed E-state index contributed by atoms with van der Waals surface area (Å²) in [5.74, 6) is 1.23. The first-order chi connectivity index (χ1) is 6.79. The molecular weight excluding hydrogens is 216 g/mol. The molecule has 14 heavy (non-hydrogen) atoms. The van der Waals surface area contributed by atoms with Gasteiger partial charge in [-0.15, -0.1) is 11.3 Å². The van der Waals surface area contributed by atoms with Crippen LogP contribution in [0.1, 0.15) is 30.9 Å². The maximum Gasteiger partial charge on any atom is 0.226 e. The van der Waals surface area contributed by atoms with Crippen LogP contribution in [0.2, 0.25) is 0 Å². The molecule has 1 heterocycles. The maximum absolute atomic E-state index is 11.2. The van der Waals surface area contributed by atoms with Crippen LogP contribution in [0.5, 0.6) is 0 Å². The summed E-state index contributed by atoms with van der Waals surface area (Å²) in [6.07, 6.45) is 2.93. The minimum atomic E-state index is -0.00306. The second kappa shape index (κ2) is 4.31. The molecule has 0 bridgehead atoms. The summed E-state index contributed by atoms with van der Waals surface area (Å²) in [4.78, 5) is 15.6. The Hall–Kier alpha value is -0.550. The summed E-state index contributed by atoms with van der Waals surface area (Å²) < 4.78 is 0. The van der Waals surface area contributed by atoms with Gasteiger partial charge in [0.15, 0.2) is 5.13 Å². The molecule has 76 valence electrons. The highest BCUT2D eigenvalue weighted by Gasteiger charge is 2.26. The molecule has 2 rings (SSSR count). The fourth-order valence-corrected chi connectivity index (χ4v) is 2.20. The summed E-state index contributed by atoms with van der Waals surface area (Å²) >= 11 is 5.50. The molecule has 1 fully saturated rings. The maximum atomic E-state index is 11.2. The molecule has 0 saturated heterocycles. The Morgan fingerprint density at radius 3 is 3.14 bits per heavy atom. The molecule has 1 saturated carbocycles. The van der Waals surface area contributed by atoms with Gasteiger partial charge in [0.2, 0.25) is 5.91 Å². The van der Waals surface area contributed by atoms with E-state index in [-0.39, 0.29) is 5.91 Å². The van der Waals surface area contributed by atoms with E-state index in [2.05, 4.69) is 22.9 Å². The predicted octanol–water partition coefficient (Wildman–Crippen LogP) is 2.28. The quantitative estimate of drug-likeness (QED) is 0.776. The number of rotatable bonds is 4. The molecule has 0 spiro atoms. The van der Waals surface area contributed by atoms with Gasteiger partial charge in [0.05, 0.1) is 5.69 Å². The van der Waals surface area contributed by atoms with E-state index in [1.165, 1.54) is 24.2 Å². The van der Waals surface area contributed by atoms with Crippen molar-refractivity contribution in [3.8, 4) is 0 Å². The molecule has 1 N–H and O–H groups in total. The smallest absolute Gasteiger partial charge is 0.226 e. The number of nitrogens with zero attached hydrogens (tertiary/aromatic N) is 1. The highest BCUT2D eigenvalue weighted by molar-refractivity contribution is 7.80. The van der Waals surface area contributed by atoms with Gasteiger partial charge in [0.1, 0.15) is 0 Å². The van der Waals surface area contributed by atoms with E-state index in [0.29, 0.717) is 18.1 Å². The van der Waals surface area contributed by atoms with E-state index in [1.807, 2.05) is 5.38 Å². The van der Waals surface area contributed by atoms with E-state index in [0.717, 1.165) is 10.8 Å². The van der Waals surface area contributed by atoms with E-state index in [9.17, 15) is 4.79 Å². The average Bonchev–Trinajstić information content (AvgIpc) is 2.89. The molecule has 1 aromatic heterocycles. The lowest BCUT2D eigenvalue weighted by atomic mass is 10.3. The van der Waals surface area contributed by atoms with E-state index in [1.54, 1.807) is 0 Å². The van der Waals surface area contributed by atoms with Crippen molar-refractivity contribution in [2.45, 2.75) is 25.2 Å². The number of anilines is 1. The topological polar surface area (TPSA) is 42.0 Å². The number of thiol groups is 1. The zero-order valence-electron chi connectivity index (χ0n) is 7.69. The Kier molecular flexibility index (Phi) is 3.08. The molecule has 0 aliphatic heterocycles. The van der Waals surface area contributed by atoms with Crippen molar-refractivity contribution >= 4 is 35.0 Å². The van der Waals surface area contributed by atoms with Crippen LogP contribution >= 0.6 is 24.0 Å². The van der Waals surface area contributed by atoms with Crippen LogP contribution in [0.25, 0.3) is 0 Å². The van der Waals surface area contributed by atoms with Gasteiger partial charge in [-0.05, 0) is 18.6 Å². The van der Waals surface area contributed by atoms with Crippen LogP contribution in [0, 0.1) is 0 Å². The number of hydrogen-bond acceptors (Lipinski definition) is 4. The third-order valence-corrected chi connectivity index (χ3v) is 3.10. The summed E-state index contributed by atoms with van der Waals surface area (Å²) in [6.45, 7) is 0. The molecule has 0 unspecified atom stereocenters. The Balaban J connectivity index is 1.92. The van der Waals surface area contributed by atoms with Gasteiger partial charge >= 0.3 is 0 Å². The monoisotopic (exact) mass is 228 g/mol. The first-order valence-corrected chi connectivity index (χ1v) is 6.17. The van der Waals surface area contributed by atoms with Crippen molar-refractivity contribution in [3.63, 3.8) is 0 Å². The van der Waals surface area contributed by atoms with Crippen LogP contribution in [0.4, 0.5) is 5.13 Å². The molecule has 1 aliphatic carbocycles. The molecule has 1 aliphatic rings. The van der Waals surface area contributed by atoms with E-state index in [4.69, 9.17) is 0 Å². The normalized spacial score (nSPS) is 15.5. The number of carbonyl (C=O) groups excluding carboxylic acids is 1. The average molecular weight is 228 g/mol. The number of nitrogens with one attached hydrogen (secondary N) is 1. The molecule has 1 aromatic rings. The standard InChI is InChI=1S/C9H12N2OS2/c12-8(3-4-13)11-9-10-7(5-14-9)6-1-2-6/h5-6,13H,1-4H2,(H,10,11,12). The SMILES string of the molecule is O=C(CCS)Nc1nc(C2CC2)cs1. The molecule has 0 radical (unpaired) electrons. The lowest BCUT2D eigenvalue weighted by Crippen LogP contribution is -2.11. The fraction of sp³-hybridized carbons (Fsp3) is 0.556. The Morgan fingerprint density at radius 1 is 1.71 bits per heavy atom. The Bertz CT molecular complexity index is 333. The fourth-order valence-electron chi connectivity index (χ4n) is 1.19. The largest absolute Gasteiger partial charge is 0.302 e. The zero-order chi connectivity index (χ0) is 9.97. The summed E-state index contributed by atoms with van der Waals surface area (Å²) in [7, 11) is 0. The van der Waals surface area contributed by atoms with Gasteiger partial charge in [-0.2, -0.15) is 12.6 Å².